The predicted molar refractivity (Wildman–Crippen MR) is 98.4 cm³/mol. The second kappa shape index (κ2) is 6.95. The monoisotopic (exact) mass is 348 g/mol. The van der Waals surface area contributed by atoms with E-state index < -0.39 is 0 Å². The predicted octanol–water partition coefficient (Wildman–Crippen LogP) is 1.93. The molecule has 132 valence electrons. The maximum Gasteiger partial charge on any atom is 0.274 e. The van der Waals surface area contributed by atoms with E-state index >= 15 is 0 Å². The highest BCUT2D eigenvalue weighted by Gasteiger charge is 2.25. The van der Waals surface area contributed by atoms with E-state index in [4.69, 9.17) is 0 Å². The third-order valence-corrected chi connectivity index (χ3v) is 4.51. The zero-order valence-electron chi connectivity index (χ0n) is 14.6. The first-order chi connectivity index (χ1) is 12.7. The summed E-state index contributed by atoms with van der Waals surface area (Å²) in [6.45, 7) is 4.66. The maximum absolute atomic E-state index is 12.8. The van der Waals surface area contributed by atoms with Crippen LogP contribution < -0.4 is 4.90 Å². The normalized spacial score (nSPS) is 14.5. The number of para-hydroxylation sites is 1. The van der Waals surface area contributed by atoms with Crippen LogP contribution in [0.4, 0.5) is 5.95 Å². The average Bonchev–Trinajstić information content (AvgIpc) is 3.10. The van der Waals surface area contributed by atoms with Gasteiger partial charge in [0.15, 0.2) is 5.69 Å². The molecule has 0 spiro atoms. The first kappa shape index (κ1) is 16.3. The van der Waals surface area contributed by atoms with Gasteiger partial charge in [-0.05, 0) is 31.2 Å². The molecule has 4 rings (SSSR count). The van der Waals surface area contributed by atoms with Crippen molar-refractivity contribution < 1.29 is 4.79 Å². The Morgan fingerprint density at radius 1 is 0.962 bits per heavy atom. The van der Waals surface area contributed by atoms with Gasteiger partial charge in [0.05, 0.1) is 5.69 Å². The summed E-state index contributed by atoms with van der Waals surface area (Å²) in [6.07, 6.45) is 3.47. The second-order valence-corrected chi connectivity index (χ2v) is 6.25. The number of piperazine rings is 1. The van der Waals surface area contributed by atoms with Crippen molar-refractivity contribution in [2.24, 2.45) is 0 Å². The summed E-state index contributed by atoms with van der Waals surface area (Å²) in [5, 5.41) is 4.52. The zero-order valence-corrected chi connectivity index (χ0v) is 14.6. The van der Waals surface area contributed by atoms with Crippen molar-refractivity contribution >= 4 is 11.9 Å². The maximum atomic E-state index is 12.8. The largest absolute Gasteiger partial charge is 0.337 e. The summed E-state index contributed by atoms with van der Waals surface area (Å²) in [7, 11) is 0. The van der Waals surface area contributed by atoms with Crippen LogP contribution in [0, 0.1) is 6.92 Å². The highest BCUT2D eigenvalue weighted by molar-refractivity contribution is 5.92. The Bertz CT molecular complexity index is 885. The summed E-state index contributed by atoms with van der Waals surface area (Å²) in [5.74, 6) is 0.681. The van der Waals surface area contributed by atoms with Gasteiger partial charge in [0.2, 0.25) is 5.95 Å². The van der Waals surface area contributed by atoms with E-state index in [2.05, 4.69) is 20.0 Å². The molecule has 1 fully saturated rings. The van der Waals surface area contributed by atoms with Crippen LogP contribution in [0.25, 0.3) is 5.69 Å². The number of hydrogen-bond donors (Lipinski definition) is 0. The van der Waals surface area contributed by atoms with E-state index in [-0.39, 0.29) is 5.91 Å². The summed E-state index contributed by atoms with van der Waals surface area (Å²) in [5.41, 5.74) is 2.38. The van der Waals surface area contributed by atoms with Gasteiger partial charge >= 0.3 is 0 Å². The van der Waals surface area contributed by atoms with Crippen molar-refractivity contribution in [2.75, 3.05) is 31.1 Å². The first-order valence-electron chi connectivity index (χ1n) is 8.66. The minimum Gasteiger partial charge on any atom is -0.337 e. The van der Waals surface area contributed by atoms with E-state index in [9.17, 15) is 4.79 Å². The lowest BCUT2D eigenvalue weighted by atomic mass is 10.2. The molecule has 0 atom stereocenters. The summed E-state index contributed by atoms with van der Waals surface area (Å²) < 4.78 is 1.81. The summed E-state index contributed by atoms with van der Waals surface area (Å²) >= 11 is 0. The van der Waals surface area contributed by atoms with Crippen molar-refractivity contribution in [3.8, 4) is 5.69 Å². The van der Waals surface area contributed by atoms with Crippen LogP contribution in [0.2, 0.25) is 0 Å². The number of carbonyl (C=O) groups is 1. The lowest BCUT2D eigenvalue weighted by Gasteiger charge is -2.34. The van der Waals surface area contributed by atoms with Crippen molar-refractivity contribution in [1.29, 1.82) is 0 Å². The molecule has 2 aromatic heterocycles. The fraction of sp³-hybridized carbons (Fsp3) is 0.263. The number of carbonyl (C=O) groups excluding carboxylic acids is 1. The van der Waals surface area contributed by atoms with Gasteiger partial charge in [-0.1, -0.05) is 18.2 Å². The van der Waals surface area contributed by atoms with Crippen LogP contribution in [0.15, 0.2) is 54.9 Å². The molecule has 1 amide bonds. The van der Waals surface area contributed by atoms with Gasteiger partial charge in [-0.15, -0.1) is 0 Å². The molecular formula is C19H20N6O. The molecular weight excluding hydrogens is 328 g/mol. The van der Waals surface area contributed by atoms with Crippen molar-refractivity contribution in [3.05, 3.63) is 66.2 Å². The molecule has 0 saturated carbocycles. The van der Waals surface area contributed by atoms with Crippen molar-refractivity contribution in [3.63, 3.8) is 0 Å². The van der Waals surface area contributed by atoms with E-state index in [0.29, 0.717) is 37.8 Å². The van der Waals surface area contributed by atoms with Crippen LogP contribution >= 0.6 is 0 Å². The van der Waals surface area contributed by atoms with E-state index in [0.717, 1.165) is 11.4 Å². The molecule has 7 nitrogen and oxygen atoms in total. The summed E-state index contributed by atoms with van der Waals surface area (Å²) in [4.78, 5) is 25.3. The minimum atomic E-state index is -0.0311. The number of benzene rings is 1. The molecule has 0 unspecified atom stereocenters. The fourth-order valence-electron chi connectivity index (χ4n) is 3.14. The molecule has 7 heteroatoms. The molecule has 1 saturated heterocycles. The molecule has 1 aliphatic rings. The Morgan fingerprint density at radius 3 is 2.35 bits per heavy atom. The van der Waals surface area contributed by atoms with Gasteiger partial charge in [0.1, 0.15) is 0 Å². The zero-order chi connectivity index (χ0) is 17.9. The SMILES string of the molecule is Cc1cc(C(=O)N2CCN(c3ncccn3)CC2)nn1-c1ccccc1. The van der Waals surface area contributed by atoms with Crippen LogP contribution in [0.5, 0.6) is 0 Å². The number of aromatic nitrogens is 4. The van der Waals surface area contributed by atoms with Crippen molar-refractivity contribution in [1.82, 2.24) is 24.6 Å². The number of rotatable bonds is 3. The fourth-order valence-corrected chi connectivity index (χ4v) is 3.14. The Labute approximate surface area is 151 Å². The highest BCUT2D eigenvalue weighted by atomic mass is 16.2. The molecule has 0 bridgehead atoms. The standard InChI is InChI=1S/C19H20N6O/c1-15-14-17(22-25(15)16-6-3-2-4-7-16)18(26)23-10-12-24(13-11-23)19-20-8-5-9-21-19/h2-9,14H,10-13H2,1H3. The molecule has 3 heterocycles. The topological polar surface area (TPSA) is 67.2 Å². The number of nitrogens with zero attached hydrogens (tertiary/aromatic N) is 6. The van der Waals surface area contributed by atoms with E-state index in [1.807, 2.05) is 48.2 Å². The Hall–Kier alpha value is -3.22. The number of hydrogen-bond acceptors (Lipinski definition) is 5. The van der Waals surface area contributed by atoms with Gasteiger partial charge in [0.25, 0.3) is 5.91 Å². The second-order valence-electron chi connectivity index (χ2n) is 6.25. The average molecular weight is 348 g/mol. The van der Waals surface area contributed by atoms with Gasteiger partial charge < -0.3 is 9.80 Å². The Balaban J connectivity index is 1.46. The molecule has 26 heavy (non-hydrogen) atoms. The molecule has 3 aromatic rings. The first-order valence-corrected chi connectivity index (χ1v) is 8.66. The molecule has 0 radical (unpaired) electrons. The summed E-state index contributed by atoms with van der Waals surface area (Å²) in [6, 6.07) is 13.5. The van der Waals surface area contributed by atoms with Crippen LogP contribution in [-0.4, -0.2) is 56.7 Å². The van der Waals surface area contributed by atoms with Gasteiger partial charge in [-0.2, -0.15) is 5.10 Å². The van der Waals surface area contributed by atoms with Crippen LogP contribution in [0.3, 0.4) is 0 Å². The number of amides is 1. The lowest BCUT2D eigenvalue weighted by molar-refractivity contribution is 0.0740. The van der Waals surface area contributed by atoms with Crippen LogP contribution in [-0.2, 0) is 0 Å². The number of aryl methyl sites for hydroxylation is 1. The third kappa shape index (κ3) is 3.15. The van der Waals surface area contributed by atoms with Crippen LogP contribution in [0.1, 0.15) is 16.2 Å². The van der Waals surface area contributed by atoms with Crippen molar-refractivity contribution in [2.45, 2.75) is 6.92 Å². The smallest absolute Gasteiger partial charge is 0.274 e. The van der Waals surface area contributed by atoms with E-state index in [1.54, 1.807) is 23.1 Å². The third-order valence-electron chi connectivity index (χ3n) is 4.51. The molecule has 1 aromatic carbocycles. The molecule has 1 aliphatic heterocycles. The van der Waals surface area contributed by atoms with Gasteiger partial charge in [-0.25, -0.2) is 14.6 Å². The lowest BCUT2D eigenvalue weighted by Crippen LogP contribution is -2.49. The molecule has 0 aliphatic carbocycles. The Kier molecular flexibility index (Phi) is 4.35. The highest BCUT2D eigenvalue weighted by Crippen LogP contribution is 2.15. The van der Waals surface area contributed by atoms with E-state index in [1.165, 1.54) is 0 Å². The Morgan fingerprint density at radius 2 is 1.65 bits per heavy atom. The molecule has 0 N–H and O–H groups in total. The van der Waals surface area contributed by atoms with Gasteiger partial charge in [0, 0.05) is 44.3 Å². The minimum absolute atomic E-state index is 0.0311. The van der Waals surface area contributed by atoms with Gasteiger partial charge in [-0.3, -0.25) is 4.79 Å². The number of anilines is 1. The quantitative estimate of drug-likeness (QED) is 0.724.